The summed E-state index contributed by atoms with van der Waals surface area (Å²) < 4.78 is 31.2. The maximum atomic E-state index is 10.4. The van der Waals surface area contributed by atoms with E-state index < -0.39 is 10.1 Å². The van der Waals surface area contributed by atoms with Crippen molar-refractivity contribution in [3.63, 3.8) is 0 Å². The predicted octanol–water partition coefficient (Wildman–Crippen LogP) is 4.22. The minimum atomic E-state index is -4.27. The molecule has 3 aromatic rings. The number of fused-ring (bicyclic) bond motifs is 1. The van der Waals surface area contributed by atoms with Crippen LogP contribution < -0.4 is 0 Å². The minimum Gasteiger partial charge on any atom is -0.744 e. The summed E-state index contributed by atoms with van der Waals surface area (Å²) in [6, 6.07) is 17.9. The van der Waals surface area contributed by atoms with Crippen LogP contribution in [0.4, 0.5) is 0 Å². The van der Waals surface area contributed by atoms with Crippen LogP contribution in [0.3, 0.4) is 0 Å². The van der Waals surface area contributed by atoms with Crippen molar-refractivity contribution in [2.24, 2.45) is 0 Å². The first-order chi connectivity index (χ1) is 12.9. The van der Waals surface area contributed by atoms with Gasteiger partial charge in [0.2, 0.25) is 0 Å². The molecule has 1 aliphatic rings. The van der Waals surface area contributed by atoms with Crippen molar-refractivity contribution >= 4 is 31.8 Å². The molecule has 1 aliphatic heterocycles. The Bertz CT molecular complexity index is 1020. The van der Waals surface area contributed by atoms with Crippen LogP contribution in [0.2, 0.25) is 0 Å². The van der Waals surface area contributed by atoms with Gasteiger partial charge in [0.15, 0.2) is 4.90 Å². The molecule has 0 saturated carbocycles. The topological polar surface area (TPSA) is 77.4 Å². The number of rotatable bonds is 2. The maximum absolute atomic E-state index is 10.4. The lowest BCUT2D eigenvalue weighted by Crippen LogP contribution is -2.04. The van der Waals surface area contributed by atoms with Gasteiger partial charge in [0.25, 0.3) is 0 Å². The van der Waals surface area contributed by atoms with Crippen molar-refractivity contribution in [2.45, 2.75) is 29.6 Å². The lowest BCUT2D eigenvalue weighted by atomic mass is 10.1. The van der Waals surface area contributed by atoms with Crippen molar-refractivity contribution in [1.29, 1.82) is 0 Å². The van der Waals surface area contributed by atoms with E-state index in [-0.39, 0.29) is 4.90 Å². The van der Waals surface area contributed by atoms with Gasteiger partial charge in [-0.1, -0.05) is 35.9 Å². The molecular weight excluding hydrogens is 380 g/mol. The molecule has 0 amide bonds. The Morgan fingerprint density at radius 3 is 2.07 bits per heavy atom. The quantitative estimate of drug-likeness (QED) is 0.514. The summed E-state index contributed by atoms with van der Waals surface area (Å²) >= 11 is 0. The molecule has 0 atom stereocenters. The molecular formula is C21H22O4S2. The molecule has 1 N–H and O–H groups in total. The van der Waals surface area contributed by atoms with Crippen LogP contribution in [-0.2, 0) is 21.0 Å². The number of benzene rings is 3. The summed E-state index contributed by atoms with van der Waals surface area (Å²) in [7, 11) is -3.85. The second-order valence-electron chi connectivity index (χ2n) is 6.50. The Morgan fingerprint density at radius 2 is 1.48 bits per heavy atom. The van der Waals surface area contributed by atoms with Crippen LogP contribution in [0.5, 0.6) is 5.75 Å². The van der Waals surface area contributed by atoms with Crippen molar-refractivity contribution < 1.29 is 18.1 Å². The zero-order valence-corrected chi connectivity index (χ0v) is 16.7. The first-order valence-corrected chi connectivity index (χ1v) is 11.7. The van der Waals surface area contributed by atoms with Crippen LogP contribution in [0.15, 0.2) is 70.5 Å². The highest BCUT2D eigenvalue weighted by molar-refractivity contribution is 7.97. The third kappa shape index (κ3) is 4.83. The third-order valence-electron chi connectivity index (χ3n) is 4.51. The molecule has 0 aliphatic carbocycles. The normalized spacial score (nSPS) is 14.7. The number of hydrogen-bond donors (Lipinski definition) is 1. The fraction of sp³-hybridized carbons (Fsp3) is 0.238. The Labute approximate surface area is 163 Å². The number of phenols is 1. The van der Waals surface area contributed by atoms with Crippen LogP contribution in [0.1, 0.15) is 18.4 Å². The van der Waals surface area contributed by atoms with E-state index in [0.29, 0.717) is 16.6 Å². The fourth-order valence-electron chi connectivity index (χ4n) is 3.09. The van der Waals surface area contributed by atoms with E-state index in [1.54, 1.807) is 12.1 Å². The van der Waals surface area contributed by atoms with Gasteiger partial charge in [-0.15, -0.1) is 0 Å². The van der Waals surface area contributed by atoms with E-state index in [0.717, 1.165) is 10.9 Å². The van der Waals surface area contributed by atoms with Gasteiger partial charge in [-0.3, -0.25) is 0 Å². The van der Waals surface area contributed by atoms with Gasteiger partial charge in [-0.25, -0.2) is 8.42 Å². The Balaban J connectivity index is 0.000000168. The van der Waals surface area contributed by atoms with Crippen LogP contribution in [0.25, 0.3) is 10.8 Å². The van der Waals surface area contributed by atoms with Gasteiger partial charge in [0.05, 0.1) is 4.90 Å². The number of aromatic hydroxyl groups is 1. The van der Waals surface area contributed by atoms with Crippen LogP contribution in [-0.4, -0.2) is 29.6 Å². The smallest absolute Gasteiger partial charge is 0.162 e. The van der Waals surface area contributed by atoms with E-state index >= 15 is 0 Å². The molecule has 1 saturated heterocycles. The van der Waals surface area contributed by atoms with Crippen molar-refractivity contribution in [3.05, 3.63) is 66.2 Å². The maximum Gasteiger partial charge on any atom is 0.162 e. The second-order valence-corrected chi connectivity index (χ2v) is 10.1. The summed E-state index contributed by atoms with van der Waals surface area (Å²) in [5.41, 5.74) is 0.928. The highest BCUT2D eigenvalue weighted by Crippen LogP contribution is 2.33. The summed E-state index contributed by atoms with van der Waals surface area (Å²) in [5.74, 6) is 3.06. The highest BCUT2D eigenvalue weighted by Gasteiger charge is 2.28. The monoisotopic (exact) mass is 402 g/mol. The molecule has 1 fully saturated rings. The zero-order chi connectivity index (χ0) is 19.4. The zero-order valence-electron chi connectivity index (χ0n) is 15.1. The van der Waals surface area contributed by atoms with Gasteiger partial charge >= 0.3 is 0 Å². The Morgan fingerprint density at radius 1 is 0.889 bits per heavy atom. The lowest BCUT2D eigenvalue weighted by molar-refractivity contribution is 0.463. The van der Waals surface area contributed by atoms with Gasteiger partial charge in [0.1, 0.15) is 27.4 Å². The fourth-order valence-corrected chi connectivity index (χ4v) is 6.05. The largest absolute Gasteiger partial charge is 0.744 e. The van der Waals surface area contributed by atoms with Crippen molar-refractivity contribution in [2.75, 3.05) is 11.5 Å². The molecule has 0 spiro atoms. The van der Waals surface area contributed by atoms with Gasteiger partial charge in [-0.2, -0.15) is 0 Å². The third-order valence-corrected chi connectivity index (χ3v) is 7.90. The van der Waals surface area contributed by atoms with Gasteiger partial charge in [-0.05, 0) is 50.1 Å². The van der Waals surface area contributed by atoms with E-state index in [1.807, 2.05) is 25.1 Å². The van der Waals surface area contributed by atoms with Crippen molar-refractivity contribution in [1.82, 2.24) is 0 Å². The number of hydrogen-bond acceptors (Lipinski definition) is 4. The molecule has 1 heterocycles. The molecule has 0 radical (unpaired) electrons. The standard InChI is InChI=1S/C14H14OS.C7H8O3S/c15-13-7-8-14(16-9-3-4-10-16)12-6-2-1-5-11(12)13;1-6-2-4-7(5-3-6)11(8,9)10/h1-2,5-8H,3-4,9-10H2;2-5H,1H3,(H,8,9,10). The molecule has 4 nitrogen and oxygen atoms in total. The minimum absolute atomic E-state index is 0.178. The summed E-state index contributed by atoms with van der Waals surface area (Å²) in [6.45, 7) is 1.82. The molecule has 142 valence electrons. The summed E-state index contributed by atoms with van der Waals surface area (Å²) in [5, 5.41) is 12.1. The molecule has 0 bridgehead atoms. The van der Waals surface area contributed by atoms with Crippen LogP contribution >= 0.6 is 0 Å². The molecule has 6 heteroatoms. The molecule has 4 rings (SSSR count). The highest BCUT2D eigenvalue weighted by atomic mass is 32.2. The van der Waals surface area contributed by atoms with E-state index in [9.17, 15) is 18.1 Å². The van der Waals surface area contributed by atoms with E-state index in [2.05, 4.69) is 18.2 Å². The molecule has 3 aromatic carbocycles. The Kier molecular flexibility index (Phi) is 6.09. The average Bonchev–Trinajstić information content (AvgIpc) is 3.17. The first kappa shape index (κ1) is 19.7. The van der Waals surface area contributed by atoms with E-state index in [4.69, 9.17) is 0 Å². The van der Waals surface area contributed by atoms with Gasteiger partial charge < -0.3 is 9.66 Å². The summed E-state index contributed by atoms with van der Waals surface area (Å²) in [4.78, 5) is 1.27. The van der Waals surface area contributed by atoms with Crippen molar-refractivity contribution in [3.8, 4) is 5.75 Å². The molecule has 0 aromatic heterocycles. The molecule has 0 unspecified atom stereocenters. The number of phenolic OH excluding ortho intramolecular Hbond substituents is 1. The van der Waals surface area contributed by atoms with Gasteiger partial charge in [0, 0.05) is 21.7 Å². The SMILES string of the molecule is Cc1ccc(S(=O)(=O)[O-])cc1.Oc1ccc([S+]2CCCC2)c2ccccc12. The summed E-state index contributed by atoms with van der Waals surface area (Å²) in [6.07, 6.45) is 2.72. The first-order valence-electron chi connectivity index (χ1n) is 8.77. The average molecular weight is 403 g/mol. The Hall–Kier alpha value is -2.02. The van der Waals surface area contributed by atoms with E-state index in [1.165, 1.54) is 46.8 Å². The molecule has 27 heavy (non-hydrogen) atoms. The lowest BCUT2D eigenvalue weighted by Gasteiger charge is -2.06. The number of aryl methyl sites for hydroxylation is 1. The predicted molar refractivity (Wildman–Crippen MR) is 109 cm³/mol. The second kappa shape index (κ2) is 8.33. The van der Waals surface area contributed by atoms with Crippen LogP contribution in [0, 0.1) is 6.92 Å².